The van der Waals surface area contributed by atoms with Crippen LogP contribution in [-0.2, 0) is 14.8 Å². The van der Waals surface area contributed by atoms with Gasteiger partial charge in [-0.05, 0) is 60.7 Å². The first-order valence-corrected chi connectivity index (χ1v) is 12.0. The fraction of sp³-hybridized carbons (Fsp3) is 0.391. The molecule has 1 aliphatic heterocycles. The minimum atomic E-state index is -3.77. The van der Waals surface area contributed by atoms with E-state index in [-0.39, 0.29) is 35.3 Å². The molecular formula is C23H28FN3O4S. The Labute approximate surface area is 188 Å². The van der Waals surface area contributed by atoms with E-state index in [1.807, 2.05) is 13.8 Å². The Balaban J connectivity index is 1.92. The summed E-state index contributed by atoms with van der Waals surface area (Å²) < 4.78 is 41.3. The van der Waals surface area contributed by atoms with Gasteiger partial charge in [0.05, 0.1) is 4.90 Å². The van der Waals surface area contributed by atoms with Crippen LogP contribution in [0.3, 0.4) is 0 Å². The lowest BCUT2D eigenvalue weighted by Crippen LogP contribution is -2.42. The standard InChI is InChI=1S/C23H28FN3O4S/c1-16-12-17(2)15-26(14-16)32(30,31)21-5-3-4-18(13-21)23(29)27(11-10-22(25)28)20-8-6-19(24)7-9-20/h3-9,13,16-17H,10-12,14-15H2,1-2H3,(H2,25,28)/t16-,17-/m1/s1. The molecule has 0 bridgehead atoms. The van der Waals surface area contributed by atoms with E-state index in [0.717, 1.165) is 6.42 Å². The third-order valence-electron chi connectivity index (χ3n) is 5.52. The van der Waals surface area contributed by atoms with Crippen LogP contribution < -0.4 is 10.6 Å². The number of nitrogens with zero attached hydrogens (tertiary/aromatic N) is 2. The molecule has 172 valence electrons. The van der Waals surface area contributed by atoms with Gasteiger partial charge in [-0.25, -0.2) is 12.8 Å². The Bertz CT molecular complexity index is 1080. The lowest BCUT2D eigenvalue weighted by atomic mass is 9.94. The highest BCUT2D eigenvalue weighted by Crippen LogP contribution is 2.27. The van der Waals surface area contributed by atoms with Crippen molar-refractivity contribution in [2.24, 2.45) is 17.6 Å². The van der Waals surface area contributed by atoms with Crippen molar-refractivity contribution in [3.05, 3.63) is 59.9 Å². The molecule has 2 N–H and O–H groups in total. The smallest absolute Gasteiger partial charge is 0.258 e. The summed E-state index contributed by atoms with van der Waals surface area (Å²) in [4.78, 5) is 25.9. The molecule has 2 aromatic carbocycles. The van der Waals surface area contributed by atoms with Crippen molar-refractivity contribution in [2.45, 2.75) is 31.6 Å². The average Bonchev–Trinajstić information content (AvgIpc) is 2.74. The number of carbonyl (C=O) groups is 2. The van der Waals surface area contributed by atoms with Crippen LogP contribution in [0.2, 0.25) is 0 Å². The van der Waals surface area contributed by atoms with Crippen molar-refractivity contribution in [2.75, 3.05) is 24.5 Å². The van der Waals surface area contributed by atoms with Crippen molar-refractivity contribution in [1.82, 2.24) is 4.31 Å². The van der Waals surface area contributed by atoms with Crippen molar-refractivity contribution in [3.63, 3.8) is 0 Å². The van der Waals surface area contributed by atoms with Crippen LogP contribution in [0, 0.1) is 17.7 Å². The quantitative estimate of drug-likeness (QED) is 0.685. The third-order valence-corrected chi connectivity index (χ3v) is 7.35. The number of primary amides is 1. The Kier molecular flexibility index (Phi) is 7.30. The summed E-state index contributed by atoms with van der Waals surface area (Å²) in [6, 6.07) is 11.1. The summed E-state index contributed by atoms with van der Waals surface area (Å²) >= 11 is 0. The predicted octanol–water partition coefficient (Wildman–Crippen LogP) is 3.01. The van der Waals surface area contributed by atoms with Gasteiger partial charge in [0, 0.05) is 37.3 Å². The van der Waals surface area contributed by atoms with E-state index in [1.54, 1.807) is 0 Å². The lowest BCUT2D eigenvalue weighted by Gasteiger charge is -2.34. The summed E-state index contributed by atoms with van der Waals surface area (Å²) in [6.45, 7) is 4.91. The van der Waals surface area contributed by atoms with Crippen molar-refractivity contribution >= 4 is 27.5 Å². The molecule has 2 aromatic rings. The molecule has 2 amide bonds. The summed E-state index contributed by atoms with van der Waals surface area (Å²) in [5.74, 6) is -1.05. The Morgan fingerprint density at radius 1 is 1.09 bits per heavy atom. The van der Waals surface area contributed by atoms with Gasteiger partial charge in [0.2, 0.25) is 15.9 Å². The van der Waals surface area contributed by atoms with Gasteiger partial charge in [0.15, 0.2) is 0 Å². The van der Waals surface area contributed by atoms with Crippen LogP contribution in [-0.4, -0.2) is 44.2 Å². The summed E-state index contributed by atoms with van der Waals surface area (Å²) in [5, 5.41) is 0. The number of amides is 2. The number of halogens is 1. The molecular weight excluding hydrogens is 433 g/mol. The van der Waals surface area contributed by atoms with E-state index < -0.39 is 27.7 Å². The number of hydrogen-bond donors (Lipinski definition) is 1. The van der Waals surface area contributed by atoms with Crippen LogP contribution in [0.4, 0.5) is 10.1 Å². The fourth-order valence-electron chi connectivity index (χ4n) is 4.09. The number of hydrogen-bond acceptors (Lipinski definition) is 4. The first kappa shape index (κ1) is 23.9. The number of sulfonamides is 1. The maximum Gasteiger partial charge on any atom is 0.258 e. The minimum Gasteiger partial charge on any atom is -0.370 e. The van der Waals surface area contributed by atoms with Gasteiger partial charge in [0.1, 0.15) is 5.82 Å². The van der Waals surface area contributed by atoms with Gasteiger partial charge in [-0.2, -0.15) is 4.31 Å². The largest absolute Gasteiger partial charge is 0.370 e. The first-order chi connectivity index (χ1) is 15.1. The first-order valence-electron chi connectivity index (χ1n) is 10.5. The molecule has 1 heterocycles. The van der Waals surface area contributed by atoms with Crippen molar-refractivity contribution < 1.29 is 22.4 Å². The predicted molar refractivity (Wildman–Crippen MR) is 120 cm³/mol. The Morgan fingerprint density at radius 3 is 2.31 bits per heavy atom. The molecule has 0 aliphatic carbocycles. The van der Waals surface area contributed by atoms with E-state index >= 15 is 0 Å². The molecule has 1 saturated heterocycles. The van der Waals surface area contributed by atoms with Gasteiger partial charge in [0.25, 0.3) is 5.91 Å². The van der Waals surface area contributed by atoms with E-state index in [1.165, 1.54) is 57.7 Å². The molecule has 2 atom stereocenters. The third kappa shape index (κ3) is 5.52. The number of benzene rings is 2. The Morgan fingerprint density at radius 2 is 1.72 bits per heavy atom. The SMILES string of the molecule is C[C@@H]1C[C@@H](C)CN(S(=O)(=O)c2cccc(C(=O)N(CCC(N)=O)c3ccc(F)cc3)c2)C1. The van der Waals surface area contributed by atoms with E-state index in [4.69, 9.17) is 5.73 Å². The molecule has 0 spiro atoms. The zero-order valence-electron chi connectivity index (χ0n) is 18.2. The highest BCUT2D eigenvalue weighted by Gasteiger charge is 2.32. The van der Waals surface area contributed by atoms with Crippen LogP contribution in [0.15, 0.2) is 53.4 Å². The van der Waals surface area contributed by atoms with Crippen LogP contribution >= 0.6 is 0 Å². The molecule has 7 nitrogen and oxygen atoms in total. The normalized spacial score (nSPS) is 19.5. The highest BCUT2D eigenvalue weighted by molar-refractivity contribution is 7.89. The molecule has 9 heteroatoms. The number of carbonyl (C=O) groups excluding carboxylic acids is 2. The maximum absolute atomic E-state index is 13.4. The second-order valence-corrected chi connectivity index (χ2v) is 10.4. The summed E-state index contributed by atoms with van der Waals surface area (Å²) in [5.41, 5.74) is 5.78. The van der Waals surface area contributed by atoms with E-state index in [2.05, 4.69) is 0 Å². The number of nitrogens with two attached hydrogens (primary N) is 1. The molecule has 3 rings (SSSR count). The number of piperidine rings is 1. The second-order valence-electron chi connectivity index (χ2n) is 8.45. The van der Waals surface area contributed by atoms with Crippen LogP contribution in [0.5, 0.6) is 0 Å². The molecule has 0 unspecified atom stereocenters. The molecule has 0 aromatic heterocycles. The van der Waals surface area contributed by atoms with Gasteiger partial charge in [-0.1, -0.05) is 19.9 Å². The topological polar surface area (TPSA) is 101 Å². The molecule has 1 aliphatic rings. The van der Waals surface area contributed by atoms with Crippen LogP contribution in [0.25, 0.3) is 0 Å². The summed E-state index contributed by atoms with van der Waals surface area (Å²) in [6.07, 6.45) is 0.877. The van der Waals surface area contributed by atoms with Gasteiger partial charge < -0.3 is 10.6 Å². The van der Waals surface area contributed by atoms with Gasteiger partial charge >= 0.3 is 0 Å². The van der Waals surface area contributed by atoms with Gasteiger partial charge in [-0.15, -0.1) is 0 Å². The Hall–Kier alpha value is -2.78. The monoisotopic (exact) mass is 461 g/mol. The zero-order valence-corrected chi connectivity index (χ0v) is 19.0. The summed E-state index contributed by atoms with van der Waals surface area (Å²) in [7, 11) is -3.77. The molecule has 0 saturated carbocycles. The fourth-order valence-corrected chi connectivity index (χ4v) is 5.81. The van der Waals surface area contributed by atoms with Crippen molar-refractivity contribution in [1.29, 1.82) is 0 Å². The van der Waals surface area contributed by atoms with Gasteiger partial charge in [-0.3, -0.25) is 9.59 Å². The van der Waals surface area contributed by atoms with E-state index in [9.17, 15) is 22.4 Å². The lowest BCUT2D eigenvalue weighted by molar-refractivity contribution is -0.117. The van der Waals surface area contributed by atoms with Crippen LogP contribution in [0.1, 0.15) is 37.0 Å². The minimum absolute atomic E-state index is 0.0159. The molecule has 1 fully saturated rings. The zero-order chi connectivity index (χ0) is 23.5. The number of rotatable bonds is 7. The van der Waals surface area contributed by atoms with E-state index in [0.29, 0.717) is 18.8 Å². The average molecular weight is 462 g/mol. The highest BCUT2D eigenvalue weighted by atomic mass is 32.2. The molecule has 0 radical (unpaired) electrons. The second kappa shape index (κ2) is 9.79. The van der Waals surface area contributed by atoms with Crippen molar-refractivity contribution in [3.8, 4) is 0 Å². The number of anilines is 1. The molecule has 32 heavy (non-hydrogen) atoms. The maximum atomic E-state index is 13.4.